The molecule has 0 saturated heterocycles. The second kappa shape index (κ2) is 7.06. The van der Waals surface area contributed by atoms with Crippen molar-refractivity contribution in [3.8, 4) is 5.75 Å². The molecule has 0 aliphatic heterocycles. The molecule has 0 aromatic heterocycles. The van der Waals surface area contributed by atoms with E-state index >= 15 is 0 Å². The van der Waals surface area contributed by atoms with Gasteiger partial charge in [-0.2, -0.15) is 0 Å². The highest BCUT2D eigenvalue weighted by Crippen LogP contribution is 2.28. The van der Waals surface area contributed by atoms with Crippen molar-refractivity contribution in [1.82, 2.24) is 4.90 Å². The summed E-state index contributed by atoms with van der Waals surface area (Å²) in [5.41, 5.74) is 6.88. The highest BCUT2D eigenvalue weighted by Gasteiger charge is 2.08. The number of nitrogens with one attached hydrogen (secondary N) is 1. The predicted molar refractivity (Wildman–Crippen MR) is 73.6 cm³/mol. The van der Waals surface area contributed by atoms with Crippen LogP contribution in [-0.2, 0) is 0 Å². The minimum absolute atomic E-state index is 0.238. The first-order valence-corrected chi connectivity index (χ1v) is 6.15. The van der Waals surface area contributed by atoms with Gasteiger partial charge in [0.05, 0.1) is 18.0 Å². The Labute approximate surface area is 108 Å². The summed E-state index contributed by atoms with van der Waals surface area (Å²) in [6.45, 7) is 4.03. The molecular weight excluding hydrogens is 233 g/mol. The van der Waals surface area contributed by atoms with E-state index in [9.17, 15) is 4.39 Å². The Kier molecular flexibility index (Phi) is 5.71. The number of hydrogen-bond acceptors (Lipinski definition) is 4. The topological polar surface area (TPSA) is 50.5 Å². The number of benzene rings is 1. The summed E-state index contributed by atoms with van der Waals surface area (Å²) in [6.07, 6.45) is 0.994. The van der Waals surface area contributed by atoms with Gasteiger partial charge in [-0.3, -0.25) is 0 Å². The predicted octanol–water partition coefficient (Wildman–Crippen LogP) is 2.17. The van der Waals surface area contributed by atoms with Crippen molar-refractivity contribution in [3.63, 3.8) is 0 Å². The molecule has 3 N–H and O–H groups in total. The summed E-state index contributed by atoms with van der Waals surface area (Å²) >= 11 is 0. The fraction of sp³-hybridized carbons (Fsp3) is 0.538. The molecule has 5 heteroatoms. The zero-order valence-corrected chi connectivity index (χ0v) is 11.3. The lowest BCUT2D eigenvalue weighted by molar-refractivity contribution is 0.322. The number of halogens is 1. The Morgan fingerprint density at radius 1 is 1.39 bits per heavy atom. The average molecular weight is 255 g/mol. The molecule has 0 spiro atoms. The molecule has 102 valence electrons. The van der Waals surface area contributed by atoms with Gasteiger partial charge >= 0.3 is 0 Å². The second-order valence-electron chi connectivity index (χ2n) is 4.39. The first-order chi connectivity index (χ1) is 8.54. The molecule has 1 rings (SSSR count). The van der Waals surface area contributed by atoms with Crippen molar-refractivity contribution < 1.29 is 9.13 Å². The summed E-state index contributed by atoms with van der Waals surface area (Å²) in [4.78, 5) is 2.11. The van der Waals surface area contributed by atoms with Crippen LogP contribution in [0.25, 0.3) is 0 Å². The Balaban J connectivity index is 2.61. The van der Waals surface area contributed by atoms with Crippen LogP contribution in [0.2, 0.25) is 0 Å². The van der Waals surface area contributed by atoms with Crippen molar-refractivity contribution in [2.75, 3.05) is 44.8 Å². The van der Waals surface area contributed by atoms with Crippen molar-refractivity contribution in [3.05, 3.63) is 17.9 Å². The smallest absolute Gasteiger partial charge is 0.167 e. The molecular formula is C13H22FN3O. The number of nitrogens with zero attached hydrogens (tertiary/aromatic N) is 1. The molecule has 1 aromatic carbocycles. The van der Waals surface area contributed by atoms with Crippen LogP contribution < -0.4 is 15.8 Å². The van der Waals surface area contributed by atoms with Gasteiger partial charge in [0.2, 0.25) is 0 Å². The molecule has 0 saturated carbocycles. The second-order valence-corrected chi connectivity index (χ2v) is 4.39. The van der Waals surface area contributed by atoms with Crippen molar-refractivity contribution in [1.29, 1.82) is 0 Å². The van der Waals surface area contributed by atoms with Crippen LogP contribution in [0.15, 0.2) is 12.1 Å². The first kappa shape index (κ1) is 14.6. The molecule has 0 bridgehead atoms. The van der Waals surface area contributed by atoms with E-state index in [-0.39, 0.29) is 5.75 Å². The van der Waals surface area contributed by atoms with Gasteiger partial charge in [0.25, 0.3) is 0 Å². The van der Waals surface area contributed by atoms with Crippen LogP contribution in [0.3, 0.4) is 0 Å². The molecule has 18 heavy (non-hydrogen) atoms. The summed E-state index contributed by atoms with van der Waals surface area (Å²) < 4.78 is 18.7. The number of rotatable bonds is 7. The summed E-state index contributed by atoms with van der Waals surface area (Å²) in [5.74, 6) is -0.185. The third-order valence-electron chi connectivity index (χ3n) is 2.50. The maximum absolute atomic E-state index is 13.5. The fourth-order valence-corrected chi connectivity index (χ4v) is 1.61. The molecule has 0 aliphatic rings. The molecule has 0 radical (unpaired) electrons. The van der Waals surface area contributed by atoms with Crippen LogP contribution in [0.5, 0.6) is 5.75 Å². The van der Waals surface area contributed by atoms with E-state index in [1.807, 2.05) is 21.0 Å². The lowest BCUT2D eigenvalue weighted by Crippen LogP contribution is -2.16. The number of ether oxygens (including phenoxy) is 1. The minimum Gasteiger partial charge on any atom is -0.491 e. The standard InChI is InChI=1S/C13H22FN3O/c1-4-18-13-9-12(11(15)8-10(13)14)16-6-5-7-17(2)3/h8-9,16H,4-7,15H2,1-3H3. The van der Waals surface area contributed by atoms with Crippen LogP contribution in [0.4, 0.5) is 15.8 Å². The first-order valence-electron chi connectivity index (χ1n) is 6.15. The van der Waals surface area contributed by atoms with Gasteiger partial charge in [-0.25, -0.2) is 4.39 Å². The molecule has 0 amide bonds. The number of hydrogen-bond donors (Lipinski definition) is 2. The summed E-state index contributed by atoms with van der Waals surface area (Å²) in [6, 6.07) is 2.91. The lowest BCUT2D eigenvalue weighted by atomic mass is 10.2. The Hall–Kier alpha value is -1.49. The van der Waals surface area contributed by atoms with E-state index in [1.54, 1.807) is 6.07 Å². The van der Waals surface area contributed by atoms with Gasteiger partial charge < -0.3 is 20.7 Å². The van der Waals surface area contributed by atoms with E-state index < -0.39 is 5.82 Å². The lowest BCUT2D eigenvalue weighted by Gasteiger charge is -2.14. The van der Waals surface area contributed by atoms with Gasteiger partial charge in [0.1, 0.15) is 0 Å². The maximum Gasteiger partial charge on any atom is 0.167 e. The molecule has 0 unspecified atom stereocenters. The molecule has 4 nitrogen and oxygen atoms in total. The van der Waals surface area contributed by atoms with Crippen LogP contribution in [-0.4, -0.2) is 38.7 Å². The van der Waals surface area contributed by atoms with E-state index in [2.05, 4.69) is 10.2 Å². The zero-order valence-electron chi connectivity index (χ0n) is 11.3. The number of nitrogens with two attached hydrogens (primary N) is 1. The molecule has 0 heterocycles. The highest BCUT2D eigenvalue weighted by atomic mass is 19.1. The zero-order chi connectivity index (χ0) is 13.5. The Morgan fingerprint density at radius 2 is 2.11 bits per heavy atom. The average Bonchev–Trinajstić information content (AvgIpc) is 2.29. The monoisotopic (exact) mass is 255 g/mol. The van der Waals surface area contributed by atoms with Gasteiger partial charge in [-0.05, 0) is 34.0 Å². The van der Waals surface area contributed by atoms with Crippen LogP contribution in [0, 0.1) is 5.82 Å². The number of nitrogen functional groups attached to an aromatic ring is 1. The van der Waals surface area contributed by atoms with E-state index in [1.165, 1.54) is 6.07 Å². The Morgan fingerprint density at radius 3 is 2.72 bits per heavy atom. The molecule has 1 aromatic rings. The van der Waals surface area contributed by atoms with E-state index in [4.69, 9.17) is 10.5 Å². The van der Waals surface area contributed by atoms with Gasteiger partial charge in [0, 0.05) is 18.7 Å². The normalized spacial score (nSPS) is 10.7. The van der Waals surface area contributed by atoms with Crippen molar-refractivity contribution in [2.45, 2.75) is 13.3 Å². The maximum atomic E-state index is 13.5. The Bertz CT molecular complexity index is 383. The van der Waals surface area contributed by atoms with Crippen LogP contribution >= 0.6 is 0 Å². The third kappa shape index (κ3) is 4.41. The van der Waals surface area contributed by atoms with Gasteiger partial charge in [-0.1, -0.05) is 0 Å². The van der Waals surface area contributed by atoms with Gasteiger partial charge in [0.15, 0.2) is 11.6 Å². The van der Waals surface area contributed by atoms with Gasteiger partial charge in [-0.15, -0.1) is 0 Å². The minimum atomic E-state index is -0.423. The molecule has 0 fully saturated rings. The largest absolute Gasteiger partial charge is 0.491 e. The number of anilines is 2. The van der Waals surface area contributed by atoms with Crippen molar-refractivity contribution in [2.24, 2.45) is 0 Å². The SMILES string of the molecule is CCOc1cc(NCCCN(C)C)c(N)cc1F. The van der Waals surface area contributed by atoms with E-state index in [0.29, 0.717) is 12.3 Å². The van der Waals surface area contributed by atoms with Crippen molar-refractivity contribution >= 4 is 11.4 Å². The fourth-order valence-electron chi connectivity index (χ4n) is 1.61. The third-order valence-corrected chi connectivity index (χ3v) is 2.50. The van der Waals surface area contributed by atoms with Crippen LogP contribution in [0.1, 0.15) is 13.3 Å². The molecule has 0 atom stereocenters. The summed E-state index contributed by atoms with van der Waals surface area (Å²) in [7, 11) is 4.05. The van der Waals surface area contributed by atoms with E-state index in [0.717, 1.165) is 25.2 Å². The quantitative estimate of drug-likeness (QED) is 0.579. The molecule has 0 aliphatic carbocycles. The highest BCUT2D eigenvalue weighted by molar-refractivity contribution is 5.68. The summed E-state index contributed by atoms with van der Waals surface area (Å²) in [5, 5.41) is 3.20.